The summed E-state index contributed by atoms with van der Waals surface area (Å²) in [6, 6.07) is 7.48. The number of nitrogens with zero attached hydrogens (tertiary/aromatic N) is 5. The Bertz CT molecular complexity index is 982. The molecule has 0 saturated carbocycles. The summed E-state index contributed by atoms with van der Waals surface area (Å²) in [7, 11) is 0. The maximum atomic E-state index is 13.2. The molecule has 1 aromatic carbocycles. The van der Waals surface area contributed by atoms with Crippen molar-refractivity contribution in [2.24, 2.45) is 0 Å². The summed E-state index contributed by atoms with van der Waals surface area (Å²) in [6.07, 6.45) is 0. The highest BCUT2D eigenvalue weighted by molar-refractivity contribution is 6.33. The normalized spacial score (nSPS) is 17.6. The first-order valence-electron chi connectivity index (χ1n) is 10.8. The highest BCUT2D eigenvalue weighted by atomic mass is 35.5. The van der Waals surface area contributed by atoms with Gasteiger partial charge in [-0.05, 0) is 18.6 Å². The number of benzene rings is 1. The Balaban J connectivity index is 1.37. The monoisotopic (exact) mass is 479 g/mol. The summed E-state index contributed by atoms with van der Waals surface area (Å²) in [5.74, 6) is -0.0565. The van der Waals surface area contributed by atoms with Crippen LogP contribution in [0.2, 0.25) is 10.2 Å². The van der Waals surface area contributed by atoms with Crippen molar-refractivity contribution in [1.82, 2.24) is 24.5 Å². The van der Waals surface area contributed by atoms with Crippen molar-refractivity contribution >= 4 is 35.0 Å². The molecule has 3 heterocycles. The van der Waals surface area contributed by atoms with E-state index in [4.69, 9.17) is 27.9 Å². The van der Waals surface area contributed by atoms with E-state index in [0.717, 1.165) is 18.7 Å². The first kappa shape index (κ1) is 23.0. The molecule has 0 atom stereocenters. The molecule has 4 rings (SSSR count). The molecule has 172 valence electrons. The molecule has 0 unspecified atom stereocenters. The lowest BCUT2D eigenvalue weighted by Gasteiger charge is -2.36. The van der Waals surface area contributed by atoms with Gasteiger partial charge in [0.2, 0.25) is 5.91 Å². The molecule has 2 aliphatic rings. The molecule has 0 aliphatic carbocycles. The van der Waals surface area contributed by atoms with Crippen LogP contribution < -0.4 is 0 Å². The minimum Gasteiger partial charge on any atom is -0.379 e. The lowest BCUT2D eigenvalue weighted by atomic mass is 10.2. The van der Waals surface area contributed by atoms with Crippen molar-refractivity contribution in [3.63, 3.8) is 0 Å². The number of carbonyl (C=O) groups excluding carboxylic acids is 2. The van der Waals surface area contributed by atoms with E-state index in [1.165, 1.54) is 0 Å². The summed E-state index contributed by atoms with van der Waals surface area (Å²) in [6.45, 7) is 7.43. The van der Waals surface area contributed by atoms with E-state index in [0.29, 0.717) is 73.9 Å². The minimum absolute atomic E-state index is 0.0979. The molecule has 8 nitrogen and oxygen atoms in total. The number of halogens is 2. The second kappa shape index (κ2) is 10.2. The van der Waals surface area contributed by atoms with Crippen molar-refractivity contribution in [3.05, 3.63) is 51.3 Å². The largest absolute Gasteiger partial charge is 0.379 e. The zero-order valence-electron chi connectivity index (χ0n) is 18.1. The van der Waals surface area contributed by atoms with Crippen LogP contribution in [0.25, 0.3) is 0 Å². The van der Waals surface area contributed by atoms with Crippen molar-refractivity contribution in [3.8, 4) is 0 Å². The van der Waals surface area contributed by atoms with E-state index in [1.54, 1.807) is 16.5 Å². The van der Waals surface area contributed by atoms with Gasteiger partial charge in [0, 0.05) is 44.3 Å². The van der Waals surface area contributed by atoms with Gasteiger partial charge in [0.05, 0.1) is 37.6 Å². The highest BCUT2D eigenvalue weighted by Gasteiger charge is 2.30. The standard InChI is InChI=1S/C22H27Cl2N5O3/c1-16-20(21(24)29(25-16)14-17-4-2-3-5-18(17)23)22(31)28-8-6-27(7-9-28)19(30)15-26-10-12-32-13-11-26/h2-5H,6-15H2,1H3. The van der Waals surface area contributed by atoms with E-state index >= 15 is 0 Å². The zero-order chi connectivity index (χ0) is 22.7. The van der Waals surface area contributed by atoms with Gasteiger partial charge in [0.25, 0.3) is 5.91 Å². The molecule has 2 aliphatic heterocycles. The molecule has 2 aromatic rings. The summed E-state index contributed by atoms with van der Waals surface area (Å²) < 4.78 is 6.94. The van der Waals surface area contributed by atoms with Gasteiger partial charge in [0.15, 0.2) is 0 Å². The van der Waals surface area contributed by atoms with E-state index < -0.39 is 0 Å². The van der Waals surface area contributed by atoms with Gasteiger partial charge >= 0.3 is 0 Å². The Kier molecular flexibility index (Phi) is 7.35. The van der Waals surface area contributed by atoms with Crippen molar-refractivity contribution in [2.45, 2.75) is 13.5 Å². The van der Waals surface area contributed by atoms with Gasteiger partial charge in [-0.2, -0.15) is 5.10 Å². The first-order chi connectivity index (χ1) is 15.4. The number of aromatic nitrogens is 2. The van der Waals surface area contributed by atoms with Gasteiger partial charge in [0.1, 0.15) is 5.15 Å². The van der Waals surface area contributed by atoms with Gasteiger partial charge < -0.3 is 14.5 Å². The zero-order valence-corrected chi connectivity index (χ0v) is 19.6. The third kappa shape index (κ3) is 5.09. The second-order valence-electron chi connectivity index (χ2n) is 8.06. The van der Waals surface area contributed by atoms with Crippen molar-refractivity contribution in [1.29, 1.82) is 0 Å². The van der Waals surface area contributed by atoms with Gasteiger partial charge in [-0.1, -0.05) is 41.4 Å². The van der Waals surface area contributed by atoms with Crippen LogP contribution in [0.3, 0.4) is 0 Å². The smallest absolute Gasteiger partial charge is 0.259 e. The van der Waals surface area contributed by atoms with E-state index in [9.17, 15) is 9.59 Å². The number of ether oxygens (including phenoxy) is 1. The van der Waals surface area contributed by atoms with Crippen LogP contribution in [0, 0.1) is 6.92 Å². The predicted molar refractivity (Wildman–Crippen MR) is 122 cm³/mol. The summed E-state index contributed by atoms with van der Waals surface area (Å²) in [5, 5.41) is 5.40. The van der Waals surface area contributed by atoms with Gasteiger partial charge in [-0.3, -0.25) is 14.5 Å². The molecule has 1 aromatic heterocycles. The molecule has 2 fully saturated rings. The topological polar surface area (TPSA) is 70.9 Å². The van der Waals surface area contributed by atoms with Crippen LogP contribution in [0.5, 0.6) is 0 Å². The molecule has 2 amide bonds. The number of carbonyl (C=O) groups is 2. The van der Waals surface area contributed by atoms with Crippen molar-refractivity contribution < 1.29 is 14.3 Å². The molecule has 0 N–H and O–H groups in total. The van der Waals surface area contributed by atoms with Crippen LogP contribution in [0.15, 0.2) is 24.3 Å². The Hall–Kier alpha value is -2.13. The number of piperazine rings is 1. The Labute approximate surface area is 197 Å². The Morgan fingerprint density at radius 2 is 1.66 bits per heavy atom. The lowest BCUT2D eigenvalue weighted by molar-refractivity contribution is -0.134. The molecular weight excluding hydrogens is 453 g/mol. The average molecular weight is 480 g/mol. The molecule has 10 heteroatoms. The third-order valence-corrected chi connectivity index (χ3v) is 6.69. The van der Waals surface area contributed by atoms with Gasteiger partial charge in [-0.15, -0.1) is 0 Å². The van der Waals surface area contributed by atoms with Crippen LogP contribution >= 0.6 is 23.2 Å². The van der Waals surface area contributed by atoms with E-state index in [2.05, 4.69) is 10.00 Å². The molecule has 0 bridgehead atoms. The quantitative estimate of drug-likeness (QED) is 0.656. The average Bonchev–Trinajstić information content (AvgIpc) is 3.08. The van der Waals surface area contributed by atoms with Crippen LogP contribution in [-0.2, 0) is 16.1 Å². The molecule has 2 saturated heterocycles. The summed E-state index contributed by atoms with van der Waals surface area (Å²) in [5.41, 5.74) is 1.87. The van der Waals surface area contributed by atoms with Crippen LogP contribution in [-0.4, -0.2) is 95.3 Å². The third-order valence-electron chi connectivity index (χ3n) is 5.94. The Morgan fingerprint density at radius 1 is 1.00 bits per heavy atom. The first-order valence-corrected chi connectivity index (χ1v) is 11.5. The maximum Gasteiger partial charge on any atom is 0.259 e. The molecular formula is C22H27Cl2N5O3. The minimum atomic E-state index is -0.154. The fourth-order valence-corrected chi connectivity index (χ4v) is 4.57. The fourth-order valence-electron chi connectivity index (χ4n) is 4.06. The van der Waals surface area contributed by atoms with Crippen LogP contribution in [0.1, 0.15) is 21.6 Å². The number of morpholine rings is 1. The lowest BCUT2D eigenvalue weighted by Crippen LogP contribution is -2.53. The van der Waals surface area contributed by atoms with E-state index in [-0.39, 0.29) is 11.8 Å². The number of hydrogen-bond acceptors (Lipinski definition) is 5. The van der Waals surface area contributed by atoms with Crippen molar-refractivity contribution in [2.75, 3.05) is 59.0 Å². The van der Waals surface area contributed by atoms with Gasteiger partial charge in [-0.25, -0.2) is 4.68 Å². The van der Waals surface area contributed by atoms with Crippen LogP contribution in [0.4, 0.5) is 0 Å². The summed E-state index contributed by atoms with van der Waals surface area (Å²) >= 11 is 12.8. The molecule has 0 radical (unpaired) electrons. The summed E-state index contributed by atoms with van der Waals surface area (Å²) in [4.78, 5) is 31.5. The SMILES string of the molecule is Cc1nn(Cc2ccccc2Cl)c(Cl)c1C(=O)N1CCN(C(=O)CN2CCOCC2)CC1. The second-order valence-corrected chi connectivity index (χ2v) is 8.83. The maximum absolute atomic E-state index is 13.2. The Morgan fingerprint density at radius 3 is 2.34 bits per heavy atom. The van der Waals surface area contributed by atoms with E-state index in [1.807, 2.05) is 29.2 Å². The number of aryl methyl sites for hydroxylation is 1. The number of amides is 2. The number of rotatable bonds is 5. The fraction of sp³-hybridized carbons (Fsp3) is 0.500. The molecule has 0 spiro atoms. The molecule has 32 heavy (non-hydrogen) atoms. The predicted octanol–water partition coefficient (Wildman–Crippen LogP) is 2.16. The highest BCUT2D eigenvalue weighted by Crippen LogP contribution is 2.25. The number of hydrogen-bond donors (Lipinski definition) is 0.